The molecule has 0 N–H and O–H groups in total. The fourth-order valence-electron chi connectivity index (χ4n) is 2.57. The van der Waals surface area contributed by atoms with Crippen molar-refractivity contribution in [3.63, 3.8) is 0 Å². The monoisotopic (exact) mass is 348 g/mol. The molecule has 0 aromatic heterocycles. The summed E-state index contributed by atoms with van der Waals surface area (Å²) < 4.78 is 11.2. The number of carbonyl (C=O) groups excluding carboxylic acids is 1. The molecule has 0 bridgehead atoms. The number of nitrogens with zero attached hydrogens (tertiary/aromatic N) is 2. The Balaban J connectivity index is 2.16. The quantitative estimate of drug-likeness (QED) is 0.609. The van der Waals surface area contributed by atoms with Crippen LogP contribution in [0.25, 0.3) is 6.08 Å². The van der Waals surface area contributed by atoms with Gasteiger partial charge in [0, 0.05) is 12.1 Å². The van der Waals surface area contributed by atoms with Crippen molar-refractivity contribution < 1.29 is 19.2 Å². The molecule has 7 heteroatoms. The fraction of sp³-hybridized carbons (Fsp3) is 0.500. The minimum Gasteiger partial charge on any atom is -0.444 e. The lowest BCUT2D eigenvalue weighted by Crippen LogP contribution is -2.49. The van der Waals surface area contributed by atoms with Crippen LogP contribution < -0.4 is 0 Å². The Morgan fingerprint density at radius 1 is 1.36 bits per heavy atom. The zero-order valence-electron chi connectivity index (χ0n) is 15.2. The average molecular weight is 348 g/mol. The van der Waals surface area contributed by atoms with Gasteiger partial charge in [-0.2, -0.15) is 0 Å². The molecular formula is C18H24N2O5. The van der Waals surface area contributed by atoms with Crippen LogP contribution in [0.4, 0.5) is 10.5 Å². The average Bonchev–Trinajstić information content (AvgIpc) is 2.78. The maximum absolute atomic E-state index is 12.5. The van der Waals surface area contributed by atoms with Crippen LogP contribution in [-0.4, -0.2) is 39.9 Å². The van der Waals surface area contributed by atoms with Gasteiger partial charge >= 0.3 is 6.09 Å². The van der Waals surface area contributed by atoms with E-state index in [2.05, 4.69) is 0 Å². The molecule has 136 valence electrons. The predicted molar refractivity (Wildman–Crippen MR) is 94.0 cm³/mol. The summed E-state index contributed by atoms with van der Waals surface area (Å²) in [6, 6.07) is 5.93. The number of ether oxygens (including phenoxy) is 2. The topological polar surface area (TPSA) is 81.9 Å². The molecule has 7 nitrogen and oxygen atoms in total. The fourth-order valence-corrected chi connectivity index (χ4v) is 2.57. The van der Waals surface area contributed by atoms with E-state index in [0.29, 0.717) is 6.61 Å². The van der Waals surface area contributed by atoms with E-state index in [4.69, 9.17) is 9.47 Å². The van der Waals surface area contributed by atoms with Crippen LogP contribution in [0, 0.1) is 10.1 Å². The molecule has 2 rings (SSSR count). The first kappa shape index (κ1) is 18.9. The number of hydrogen-bond acceptors (Lipinski definition) is 5. The van der Waals surface area contributed by atoms with Gasteiger partial charge in [-0.05, 0) is 52.3 Å². The number of benzene rings is 1. The van der Waals surface area contributed by atoms with Crippen LogP contribution in [-0.2, 0) is 9.47 Å². The molecule has 1 aliphatic rings. The highest BCUT2D eigenvalue weighted by atomic mass is 16.6. The zero-order valence-corrected chi connectivity index (χ0v) is 15.2. The minimum absolute atomic E-state index is 0.0397. The molecule has 1 fully saturated rings. The third-order valence-corrected chi connectivity index (χ3v) is 3.72. The SMILES string of the molecule is CC(C)(C)OC(=O)N1C(/C=C/c2ccc([N+](=O)[O-])cc2)COC1(C)C. The van der Waals surface area contributed by atoms with Crippen LogP contribution in [0.2, 0.25) is 0 Å². The molecule has 1 atom stereocenters. The van der Waals surface area contributed by atoms with Crippen molar-refractivity contribution in [2.24, 2.45) is 0 Å². The van der Waals surface area contributed by atoms with Gasteiger partial charge in [0.15, 0.2) is 0 Å². The Kier molecular flexibility index (Phi) is 5.17. The first-order valence-corrected chi connectivity index (χ1v) is 8.08. The second kappa shape index (κ2) is 6.84. The van der Waals surface area contributed by atoms with E-state index in [-0.39, 0.29) is 11.7 Å². The number of nitro groups is 1. The van der Waals surface area contributed by atoms with Crippen LogP contribution >= 0.6 is 0 Å². The molecule has 25 heavy (non-hydrogen) atoms. The maximum atomic E-state index is 12.5. The second-order valence-corrected chi connectivity index (χ2v) is 7.38. The summed E-state index contributed by atoms with van der Waals surface area (Å²) in [5.41, 5.74) is -0.521. The number of rotatable bonds is 3. The van der Waals surface area contributed by atoms with Crippen molar-refractivity contribution in [2.75, 3.05) is 6.61 Å². The zero-order chi connectivity index (χ0) is 18.8. The molecule has 1 aromatic carbocycles. The van der Waals surface area contributed by atoms with Crippen LogP contribution in [0.3, 0.4) is 0 Å². The van der Waals surface area contributed by atoms with Gasteiger partial charge in [0.05, 0.1) is 17.6 Å². The molecule has 1 unspecified atom stereocenters. The first-order valence-electron chi connectivity index (χ1n) is 8.08. The van der Waals surface area contributed by atoms with Gasteiger partial charge in [-0.15, -0.1) is 0 Å². The lowest BCUT2D eigenvalue weighted by molar-refractivity contribution is -0.384. The van der Waals surface area contributed by atoms with Crippen molar-refractivity contribution in [3.8, 4) is 0 Å². The predicted octanol–water partition coefficient (Wildman–Crippen LogP) is 3.98. The van der Waals surface area contributed by atoms with E-state index in [1.807, 2.05) is 46.8 Å². The van der Waals surface area contributed by atoms with E-state index in [9.17, 15) is 14.9 Å². The molecule has 1 aromatic rings. The summed E-state index contributed by atoms with van der Waals surface area (Å²) in [6.45, 7) is 9.44. The van der Waals surface area contributed by atoms with E-state index in [1.165, 1.54) is 12.1 Å². The van der Waals surface area contributed by atoms with Crippen molar-refractivity contribution in [1.82, 2.24) is 4.90 Å². The lowest BCUT2D eigenvalue weighted by atomic mass is 10.1. The minimum atomic E-state index is -0.771. The molecule has 0 radical (unpaired) electrons. The van der Waals surface area contributed by atoms with Gasteiger partial charge < -0.3 is 9.47 Å². The van der Waals surface area contributed by atoms with Crippen molar-refractivity contribution >= 4 is 17.9 Å². The third kappa shape index (κ3) is 4.79. The number of carbonyl (C=O) groups is 1. The molecule has 1 amide bonds. The molecule has 1 saturated heterocycles. The van der Waals surface area contributed by atoms with E-state index >= 15 is 0 Å². The Hall–Kier alpha value is -2.41. The maximum Gasteiger partial charge on any atom is 0.413 e. The Morgan fingerprint density at radius 3 is 2.48 bits per heavy atom. The van der Waals surface area contributed by atoms with Crippen molar-refractivity contribution in [1.29, 1.82) is 0 Å². The molecular weight excluding hydrogens is 324 g/mol. The summed E-state index contributed by atoms with van der Waals surface area (Å²) in [7, 11) is 0. The van der Waals surface area contributed by atoms with E-state index < -0.39 is 22.3 Å². The van der Waals surface area contributed by atoms with Gasteiger partial charge in [0.1, 0.15) is 11.3 Å². The second-order valence-electron chi connectivity index (χ2n) is 7.38. The smallest absolute Gasteiger partial charge is 0.413 e. The van der Waals surface area contributed by atoms with E-state index in [0.717, 1.165) is 5.56 Å². The highest BCUT2D eigenvalue weighted by molar-refractivity contribution is 5.70. The summed E-state index contributed by atoms with van der Waals surface area (Å²) in [5.74, 6) is 0. The standard InChI is InChI=1S/C18H24N2O5/c1-17(2,3)25-16(21)19-15(12-24-18(19,4)5)11-8-13-6-9-14(10-7-13)20(22)23/h6-11,15H,12H2,1-5H3/b11-8+. The summed E-state index contributed by atoms with van der Waals surface area (Å²) in [6.07, 6.45) is 3.23. The largest absolute Gasteiger partial charge is 0.444 e. The van der Waals surface area contributed by atoms with Crippen LogP contribution in [0.1, 0.15) is 40.2 Å². The summed E-state index contributed by atoms with van der Waals surface area (Å²) >= 11 is 0. The Labute approximate surface area is 147 Å². The van der Waals surface area contributed by atoms with Gasteiger partial charge in [0.2, 0.25) is 0 Å². The number of non-ortho nitro benzene ring substituents is 1. The highest BCUT2D eigenvalue weighted by Gasteiger charge is 2.44. The highest BCUT2D eigenvalue weighted by Crippen LogP contribution is 2.30. The van der Waals surface area contributed by atoms with Crippen LogP contribution in [0.5, 0.6) is 0 Å². The van der Waals surface area contributed by atoms with Crippen molar-refractivity contribution in [2.45, 2.75) is 52.0 Å². The molecule has 0 spiro atoms. The number of nitro benzene ring substituents is 1. The Bertz CT molecular complexity index is 674. The van der Waals surface area contributed by atoms with E-state index in [1.54, 1.807) is 17.0 Å². The van der Waals surface area contributed by atoms with Crippen molar-refractivity contribution in [3.05, 3.63) is 46.0 Å². The Morgan fingerprint density at radius 2 is 1.96 bits per heavy atom. The third-order valence-electron chi connectivity index (χ3n) is 3.72. The number of amides is 1. The summed E-state index contributed by atoms with van der Waals surface area (Å²) in [4.78, 5) is 24.4. The molecule has 1 heterocycles. The van der Waals surface area contributed by atoms with Gasteiger partial charge in [-0.25, -0.2) is 4.79 Å². The van der Waals surface area contributed by atoms with Crippen LogP contribution in [0.15, 0.2) is 30.3 Å². The first-order chi connectivity index (χ1) is 11.5. The molecule has 0 aliphatic carbocycles. The van der Waals surface area contributed by atoms with Gasteiger partial charge in [-0.1, -0.05) is 12.2 Å². The number of hydrogen-bond donors (Lipinski definition) is 0. The molecule has 1 aliphatic heterocycles. The van der Waals surface area contributed by atoms with Gasteiger partial charge in [0.25, 0.3) is 5.69 Å². The molecule has 0 saturated carbocycles. The normalized spacial score (nSPS) is 20.0. The van der Waals surface area contributed by atoms with Gasteiger partial charge in [-0.3, -0.25) is 15.0 Å². The summed E-state index contributed by atoms with van der Waals surface area (Å²) in [5, 5.41) is 10.7. The lowest BCUT2D eigenvalue weighted by Gasteiger charge is -2.34.